The molecule has 29 heavy (non-hydrogen) atoms. The summed E-state index contributed by atoms with van der Waals surface area (Å²) in [6.07, 6.45) is 1.51. The molecule has 4 rings (SSSR count). The van der Waals surface area contributed by atoms with Crippen LogP contribution in [0.25, 0.3) is 5.76 Å². The molecule has 0 saturated carbocycles. The number of nitrogens with zero attached hydrogens (tertiary/aromatic N) is 1. The molecule has 1 aliphatic rings. The van der Waals surface area contributed by atoms with Crippen molar-refractivity contribution in [3.8, 4) is 0 Å². The average Bonchev–Trinajstić information content (AvgIpc) is 3.31. The van der Waals surface area contributed by atoms with Crippen LogP contribution in [0, 0.1) is 6.92 Å². The van der Waals surface area contributed by atoms with E-state index in [4.69, 9.17) is 16.0 Å². The minimum Gasteiger partial charge on any atom is -0.507 e. The number of aliphatic hydroxyl groups is 1. The zero-order chi connectivity index (χ0) is 20.5. The van der Waals surface area contributed by atoms with Crippen molar-refractivity contribution >= 4 is 29.1 Å². The number of rotatable bonds is 4. The molecule has 1 aliphatic heterocycles. The summed E-state index contributed by atoms with van der Waals surface area (Å²) in [5, 5.41) is 11.5. The first-order valence-corrected chi connectivity index (χ1v) is 9.47. The number of hydrogen-bond donors (Lipinski definition) is 1. The largest absolute Gasteiger partial charge is 0.507 e. The third-order valence-corrected chi connectivity index (χ3v) is 5.21. The summed E-state index contributed by atoms with van der Waals surface area (Å²) >= 11 is 6.01. The van der Waals surface area contributed by atoms with Crippen LogP contribution in [-0.2, 0) is 16.1 Å². The Morgan fingerprint density at radius 1 is 1.07 bits per heavy atom. The lowest BCUT2D eigenvalue weighted by Crippen LogP contribution is -2.29. The highest BCUT2D eigenvalue weighted by Gasteiger charge is 2.46. The molecule has 1 N–H and O–H groups in total. The Kier molecular flexibility index (Phi) is 4.99. The number of Topliss-reactive ketones (excluding diaryl/α,β-unsaturated/α-hetero) is 1. The van der Waals surface area contributed by atoms with Gasteiger partial charge in [0.15, 0.2) is 0 Å². The molecule has 2 aromatic carbocycles. The van der Waals surface area contributed by atoms with Crippen molar-refractivity contribution in [3.05, 3.63) is 100.0 Å². The number of halogens is 1. The Hall–Kier alpha value is -3.31. The normalized spacial score (nSPS) is 18.4. The number of likely N-dealkylation sites (tertiary alicyclic amines) is 1. The first-order chi connectivity index (χ1) is 14.0. The van der Waals surface area contributed by atoms with E-state index in [1.165, 1.54) is 11.2 Å². The van der Waals surface area contributed by atoms with Gasteiger partial charge in [0.25, 0.3) is 11.7 Å². The maximum Gasteiger partial charge on any atom is 0.296 e. The molecule has 3 aromatic rings. The van der Waals surface area contributed by atoms with Gasteiger partial charge in [-0.2, -0.15) is 0 Å². The quantitative estimate of drug-likeness (QED) is 0.381. The van der Waals surface area contributed by atoms with Crippen LogP contribution in [0.15, 0.2) is 76.9 Å². The maximum atomic E-state index is 12.9. The maximum absolute atomic E-state index is 12.9. The molecular weight excluding hydrogens is 390 g/mol. The number of amides is 1. The summed E-state index contributed by atoms with van der Waals surface area (Å²) in [7, 11) is 0. The van der Waals surface area contributed by atoms with Gasteiger partial charge in [0.1, 0.15) is 11.5 Å². The fourth-order valence-corrected chi connectivity index (χ4v) is 3.60. The van der Waals surface area contributed by atoms with Crippen molar-refractivity contribution < 1.29 is 19.1 Å². The molecule has 6 heteroatoms. The van der Waals surface area contributed by atoms with E-state index in [1.54, 1.807) is 48.5 Å². The standard InChI is InChI=1S/C23H18ClNO4/c1-14-4-6-16(7-5-14)21(26)19-20(15-8-10-17(24)11-9-15)25(23(28)22(19)27)13-18-3-2-12-29-18/h2-12,20,26H,13H2,1H3/t20-/m1/s1. The van der Waals surface area contributed by atoms with Gasteiger partial charge in [-0.1, -0.05) is 53.6 Å². The Morgan fingerprint density at radius 2 is 1.76 bits per heavy atom. The molecule has 1 fully saturated rings. The van der Waals surface area contributed by atoms with Crippen LogP contribution in [-0.4, -0.2) is 21.7 Å². The second-order valence-corrected chi connectivity index (χ2v) is 7.36. The van der Waals surface area contributed by atoms with E-state index in [1.807, 2.05) is 19.1 Å². The first-order valence-electron chi connectivity index (χ1n) is 9.09. The van der Waals surface area contributed by atoms with Gasteiger partial charge in [-0.15, -0.1) is 0 Å². The van der Waals surface area contributed by atoms with E-state index >= 15 is 0 Å². The zero-order valence-electron chi connectivity index (χ0n) is 15.6. The lowest BCUT2D eigenvalue weighted by Gasteiger charge is -2.24. The molecule has 1 amide bonds. The van der Waals surface area contributed by atoms with Gasteiger partial charge in [-0.3, -0.25) is 9.59 Å². The van der Waals surface area contributed by atoms with Crippen molar-refractivity contribution in [2.75, 3.05) is 0 Å². The number of hydrogen-bond acceptors (Lipinski definition) is 4. The van der Waals surface area contributed by atoms with E-state index in [-0.39, 0.29) is 17.9 Å². The first kappa shape index (κ1) is 19.0. The number of benzene rings is 2. The van der Waals surface area contributed by atoms with Crippen LogP contribution in [0.5, 0.6) is 0 Å². The highest BCUT2D eigenvalue weighted by molar-refractivity contribution is 6.46. The van der Waals surface area contributed by atoms with Crippen LogP contribution in [0.2, 0.25) is 5.02 Å². The van der Waals surface area contributed by atoms with Gasteiger partial charge in [0.2, 0.25) is 0 Å². The highest BCUT2D eigenvalue weighted by atomic mass is 35.5. The van der Waals surface area contributed by atoms with Crippen molar-refractivity contribution in [2.24, 2.45) is 0 Å². The summed E-state index contributed by atoms with van der Waals surface area (Å²) in [6.45, 7) is 2.04. The number of carbonyl (C=O) groups is 2. The monoisotopic (exact) mass is 407 g/mol. The van der Waals surface area contributed by atoms with Crippen LogP contribution < -0.4 is 0 Å². The van der Waals surface area contributed by atoms with Gasteiger partial charge in [0.05, 0.1) is 24.4 Å². The molecule has 0 radical (unpaired) electrons. The van der Waals surface area contributed by atoms with Gasteiger partial charge in [-0.05, 0) is 36.8 Å². The van der Waals surface area contributed by atoms with Crippen LogP contribution >= 0.6 is 11.6 Å². The summed E-state index contributed by atoms with van der Waals surface area (Å²) in [5.74, 6) is -1.07. The molecule has 146 valence electrons. The van der Waals surface area contributed by atoms with Crippen LogP contribution in [0.4, 0.5) is 0 Å². The van der Waals surface area contributed by atoms with Crippen LogP contribution in [0.3, 0.4) is 0 Å². The Morgan fingerprint density at radius 3 is 2.38 bits per heavy atom. The molecule has 0 spiro atoms. The summed E-state index contributed by atoms with van der Waals surface area (Å²) in [5.41, 5.74) is 2.22. The predicted octanol–water partition coefficient (Wildman–Crippen LogP) is 4.86. The number of ketones is 1. The van der Waals surface area contributed by atoms with E-state index < -0.39 is 17.7 Å². The average molecular weight is 408 g/mol. The van der Waals surface area contributed by atoms with E-state index in [9.17, 15) is 14.7 Å². The molecule has 0 unspecified atom stereocenters. The second-order valence-electron chi connectivity index (χ2n) is 6.92. The Bertz CT molecular complexity index is 1080. The smallest absolute Gasteiger partial charge is 0.296 e. The fraction of sp³-hybridized carbons (Fsp3) is 0.130. The van der Waals surface area contributed by atoms with Crippen LogP contribution in [0.1, 0.15) is 28.5 Å². The summed E-state index contributed by atoms with van der Waals surface area (Å²) < 4.78 is 5.37. The molecule has 0 bridgehead atoms. The van der Waals surface area contributed by atoms with Gasteiger partial charge >= 0.3 is 0 Å². The van der Waals surface area contributed by atoms with Crippen molar-refractivity contribution in [1.82, 2.24) is 4.90 Å². The third kappa shape index (κ3) is 3.57. The predicted molar refractivity (Wildman–Crippen MR) is 109 cm³/mol. The highest BCUT2D eigenvalue weighted by Crippen LogP contribution is 2.40. The second kappa shape index (κ2) is 7.60. The summed E-state index contributed by atoms with van der Waals surface area (Å²) in [6, 6.07) is 16.7. The number of aliphatic hydroxyl groups excluding tert-OH is 1. The molecular formula is C23H18ClNO4. The molecule has 0 aliphatic carbocycles. The molecule has 1 saturated heterocycles. The Balaban J connectivity index is 1.86. The number of aryl methyl sites for hydroxylation is 1. The molecule has 1 aromatic heterocycles. The lowest BCUT2D eigenvalue weighted by atomic mass is 9.95. The van der Waals surface area contributed by atoms with Gasteiger partial charge in [-0.25, -0.2) is 0 Å². The van der Waals surface area contributed by atoms with E-state index in [2.05, 4.69) is 0 Å². The van der Waals surface area contributed by atoms with Crippen molar-refractivity contribution in [1.29, 1.82) is 0 Å². The number of carbonyl (C=O) groups excluding carboxylic acids is 2. The lowest BCUT2D eigenvalue weighted by molar-refractivity contribution is -0.140. The minimum absolute atomic E-state index is 0.0488. The Labute approximate surface area is 172 Å². The van der Waals surface area contributed by atoms with Gasteiger partial charge in [0, 0.05) is 10.6 Å². The van der Waals surface area contributed by atoms with Gasteiger partial charge < -0.3 is 14.4 Å². The van der Waals surface area contributed by atoms with Crippen molar-refractivity contribution in [3.63, 3.8) is 0 Å². The third-order valence-electron chi connectivity index (χ3n) is 4.96. The van der Waals surface area contributed by atoms with Crippen molar-refractivity contribution in [2.45, 2.75) is 19.5 Å². The van der Waals surface area contributed by atoms with E-state index in [0.717, 1.165) is 5.56 Å². The van der Waals surface area contributed by atoms with E-state index in [0.29, 0.717) is 21.9 Å². The summed E-state index contributed by atoms with van der Waals surface area (Å²) in [4.78, 5) is 27.2. The SMILES string of the molecule is Cc1ccc(C(O)=C2C(=O)C(=O)N(Cc3ccco3)[C@@H]2c2ccc(Cl)cc2)cc1. The molecule has 5 nitrogen and oxygen atoms in total. The minimum atomic E-state index is -0.751. The molecule has 1 atom stereocenters. The number of furan rings is 1. The zero-order valence-corrected chi connectivity index (χ0v) is 16.4. The molecule has 2 heterocycles. The topological polar surface area (TPSA) is 70.8 Å². The fourth-order valence-electron chi connectivity index (χ4n) is 3.47.